The van der Waals surface area contributed by atoms with Crippen LogP contribution in [0.3, 0.4) is 0 Å². The fraction of sp³-hybridized carbons (Fsp3) is 0.571. The van der Waals surface area contributed by atoms with Crippen LogP contribution in [0.5, 0.6) is 11.5 Å². The summed E-state index contributed by atoms with van der Waals surface area (Å²) in [6.45, 7) is 0.801. The molecule has 1 fully saturated rings. The maximum atomic E-state index is 13.0. The number of piperidine rings is 1. The number of ether oxygens (including phenoxy) is 2. The molecule has 1 aliphatic rings. The van der Waals surface area contributed by atoms with Gasteiger partial charge in [-0.25, -0.2) is 8.42 Å². The highest BCUT2D eigenvalue weighted by atomic mass is 79.9. The van der Waals surface area contributed by atoms with Gasteiger partial charge in [0.2, 0.25) is 10.0 Å². The van der Waals surface area contributed by atoms with Crippen molar-refractivity contribution < 1.29 is 17.9 Å². The first-order chi connectivity index (χ1) is 10.5. The number of nitrogens with two attached hydrogens (primary N) is 1. The molecular formula is C14H21BrN2O4S. The van der Waals surface area contributed by atoms with E-state index in [1.54, 1.807) is 6.07 Å². The molecule has 1 atom stereocenters. The van der Waals surface area contributed by atoms with E-state index in [0.29, 0.717) is 23.3 Å². The van der Waals surface area contributed by atoms with Crippen LogP contribution in [0.1, 0.15) is 19.3 Å². The van der Waals surface area contributed by atoms with Gasteiger partial charge in [-0.15, -0.1) is 0 Å². The third-order valence-corrected chi connectivity index (χ3v) is 6.46. The van der Waals surface area contributed by atoms with E-state index in [4.69, 9.17) is 15.2 Å². The zero-order valence-electron chi connectivity index (χ0n) is 12.7. The summed E-state index contributed by atoms with van der Waals surface area (Å²) in [5.74, 6) is 0.784. The van der Waals surface area contributed by atoms with E-state index in [0.717, 1.165) is 19.3 Å². The van der Waals surface area contributed by atoms with Gasteiger partial charge in [-0.2, -0.15) is 4.31 Å². The number of hydrogen-bond acceptors (Lipinski definition) is 5. The minimum absolute atomic E-state index is 0.128. The molecule has 6 nitrogen and oxygen atoms in total. The van der Waals surface area contributed by atoms with E-state index in [1.807, 2.05) is 0 Å². The lowest BCUT2D eigenvalue weighted by molar-refractivity contribution is 0.256. The first kappa shape index (κ1) is 17.5. The van der Waals surface area contributed by atoms with Crippen LogP contribution in [0.4, 0.5) is 0 Å². The summed E-state index contributed by atoms with van der Waals surface area (Å²) in [6.07, 6.45) is 2.63. The molecule has 1 saturated heterocycles. The topological polar surface area (TPSA) is 81.9 Å². The van der Waals surface area contributed by atoms with Crippen molar-refractivity contribution in [2.75, 3.05) is 27.3 Å². The van der Waals surface area contributed by atoms with Gasteiger partial charge >= 0.3 is 0 Å². The second-order valence-electron chi connectivity index (χ2n) is 5.14. The zero-order valence-corrected chi connectivity index (χ0v) is 15.1. The number of methoxy groups -OCH3 is 2. The highest BCUT2D eigenvalue weighted by molar-refractivity contribution is 9.10. The second kappa shape index (κ2) is 7.16. The highest BCUT2D eigenvalue weighted by Gasteiger charge is 2.35. The van der Waals surface area contributed by atoms with Crippen molar-refractivity contribution >= 4 is 26.0 Å². The van der Waals surface area contributed by atoms with E-state index >= 15 is 0 Å². The van der Waals surface area contributed by atoms with Gasteiger partial charge in [0.05, 0.1) is 18.7 Å². The third kappa shape index (κ3) is 3.24. The lowest BCUT2D eigenvalue weighted by Crippen LogP contribution is -2.47. The Bertz CT molecular complexity index is 636. The van der Waals surface area contributed by atoms with Gasteiger partial charge in [-0.3, -0.25) is 0 Å². The summed E-state index contributed by atoms with van der Waals surface area (Å²) < 4.78 is 38.5. The van der Waals surface area contributed by atoms with Crippen LogP contribution in [0.25, 0.3) is 0 Å². The molecule has 0 spiro atoms. The molecule has 1 heterocycles. The fourth-order valence-corrected chi connectivity index (χ4v) is 5.21. The van der Waals surface area contributed by atoms with Gasteiger partial charge in [-0.1, -0.05) is 6.42 Å². The van der Waals surface area contributed by atoms with Crippen molar-refractivity contribution in [1.82, 2.24) is 4.31 Å². The summed E-state index contributed by atoms with van der Waals surface area (Å²) >= 11 is 3.33. The van der Waals surface area contributed by atoms with Crippen molar-refractivity contribution in [3.63, 3.8) is 0 Å². The Morgan fingerprint density at radius 2 is 1.95 bits per heavy atom. The number of hydrogen-bond donors (Lipinski definition) is 1. The first-order valence-corrected chi connectivity index (χ1v) is 9.32. The predicted molar refractivity (Wildman–Crippen MR) is 87.8 cm³/mol. The molecule has 0 bridgehead atoms. The Hall–Kier alpha value is -0.830. The van der Waals surface area contributed by atoms with E-state index in [2.05, 4.69) is 15.9 Å². The van der Waals surface area contributed by atoms with Crippen LogP contribution < -0.4 is 15.2 Å². The standard InChI is InChI=1S/C14H21BrN2O4S/c1-20-12-8-13(21-2)14(7-11(12)15)22(18,19)17-6-4-3-5-10(17)9-16/h7-8,10H,3-6,9,16H2,1-2H3. The number of rotatable bonds is 5. The first-order valence-electron chi connectivity index (χ1n) is 7.09. The Morgan fingerprint density at radius 1 is 1.27 bits per heavy atom. The largest absolute Gasteiger partial charge is 0.495 e. The molecule has 2 rings (SSSR count). The van der Waals surface area contributed by atoms with Gasteiger partial charge in [0.25, 0.3) is 0 Å². The molecule has 0 aromatic heterocycles. The van der Waals surface area contributed by atoms with Crippen molar-refractivity contribution in [2.24, 2.45) is 5.73 Å². The number of benzene rings is 1. The molecule has 1 aromatic rings. The van der Waals surface area contributed by atoms with E-state index < -0.39 is 10.0 Å². The van der Waals surface area contributed by atoms with Crippen LogP contribution in [-0.2, 0) is 10.0 Å². The normalized spacial score (nSPS) is 19.9. The predicted octanol–water partition coefficient (Wildman–Crippen LogP) is 1.97. The van der Waals surface area contributed by atoms with Gasteiger partial charge in [-0.05, 0) is 34.8 Å². The van der Waals surface area contributed by atoms with E-state index in [1.165, 1.54) is 24.6 Å². The Labute approximate surface area is 139 Å². The molecule has 0 saturated carbocycles. The lowest BCUT2D eigenvalue weighted by atomic mass is 10.1. The number of halogens is 1. The summed E-state index contributed by atoms with van der Waals surface area (Å²) in [4.78, 5) is 0.128. The molecule has 0 aliphatic carbocycles. The Morgan fingerprint density at radius 3 is 2.55 bits per heavy atom. The molecular weight excluding hydrogens is 372 g/mol. The van der Waals surface area contributed by atoms with Crippen molar-refractivity contribution in [3.05, 3.63) is 16.6 Å². The SMILES string of the molecule is COc1cc(OC)c(S(=O)(=O)N2CCCCC2CN)cc1Br. The third-order valence-electron chi connectivity index (χ3n) is 3.87. The molecule has 0 radical (unpaired) electrons. The number of nitrogens with zero attached hydrogens (tertiary/aromatic N) is 1. The van der Waals surface area contributed by atoms with Crippen LogP contribution in [-0.4, -0.2) is 46.1 Å². The van der Waals surface area contributed by atoms with Crippen LogP contribution in [0.15, 0.2) is 21.5 Å². The van der Waals surface area contributed by atoms with Gasteiger partial charge < -0.3 is 15.2 Å². The minimum atomic E-state index is -3.67. The average Bonchev–Trinajstić information content (AvgIpc) is 2.54. The molecule has 1 unspecified atom stereocenters. The Kier molecular flexibility index (Phi) is 5.70. The van der Waals surface area contributed by atoms with Gasteiger partial charge in [0.1, 0.15) is 16.4 Å². The summed E-state index contributed by atoms with van der Waals surface area (Å²) in [7, 11) is -0.711. The smallest absolute Gasteiger partial charge is 0.247 e. The van der Waals surface area contributed by atoms with Crippen molar-refractivity contribution in [3.8, 4) is 11.5 Å². The second-order valence-corrected chi connectivity index (χ2v) is 7.85. The molecule has 1 aliphatic heterocycles. The molecule has 1 aromatic carbocycles. The highest BCUT2D eigenvalue weighted by Crippen LogP contribution is 2.37. The fourth-order valence-electron chi connectivity index (χ4n) is 2.69. The lowest BCUT2D eigenvalue weighted by Gasteiger charge is -2.34. The molecule has 8 heteroatoms. The van der Waals surface area contributed by atoms with E-state index in [-0.39, 0.29) is 16.7 Å². The summed E-state index contributed by atoms with van der Waals surface area (Å²) in [5.41, 5.74) is 5.75. The quantitative estimate of drug-likeness (QED) is 0.827. The van der Waals surface area contributed by atoms with Gasteiger partial charge in [0, 0.05) is 25.2 Å². The summed E-state index contributed by atoms with van der Waals surface area (Å²) in [5, 5.41) is 0. The maximum absolute atomic E-state index is 13.0. The average molecular weight is 393 g/mol. The van der Waals surface area contributed by atoms with Crippen LogP contribution >= 0.6 is 15.9 Å². The van der Waals surface area contributed by atoms with E-state index in [9.17, 15) is 8.42 Å². The molecule has 124 valence electrons. The number of sulfonamides is 1. The van der Waals surface area contributed by atoms with Crippen LogP contribution in [0, 0.1) is 0 Å². The van der Waals surface area contributed by atoms with Crippen molar-refractivity contribution in [2.45, 2.75) is 30.2 Å². The monoisotopic (exact) mass is 392 g/mol. The zero-order chi connectivity index (χ0) is 16.3. The molecule has 0 amide bonds. The maximum Gasteiger partial charge on any atom is 0.247 e. The summed E-state index contributed by atoms with van der Waals surface area (Å²) in [6, 6.07) is 2.93. The molecule has 22 heavy (non-hydrogen) atoms. The molecule has 2 N–H and O–H groups in total. The van der Waals surface area contributed by atoms with Gasteiger partial charge in [0.15, 0.2) is 0 Å². The minimum Gasteiger partial charge on any atom is -0.495 e. The Balaban J connectivity index is 2.50. The van der Waals surface area contributed by atoms with Crippen molar-refractivity contribution in [1.29, 1.82) is 0 Å². The van der Waals surface area contributed by atoms with Crippen LogP contribution in [0.2, 0.25) is 0 Å².